The van der Waals surface area contributed by atoms with Crippen molar-refractivity contribution in [1.82, 2.24) is 4.90 Å². The van der Waals surface area contributed by atoms with Crippen LogP contribution < -0.4 is 5.73 Å². The summed E-state index contributed by atoms with van der Waals surface area (Å²) in [5.41, 5.74) is 8.87. The number of rotatable bonds is 3. The third-order valence-electron chi connectivity index (χ3n) is 4.69. The SMILES string of the molecule is Nc1ccc(CC(=O)N2CCC[C@H](c3ccccc3)CC2)cc1. The summed E-state index contributed by atoms with van der Waals surface area (Å²) in [7, 11) is 0. The fourth-order valence-corrected chi connectivity index (χ4v) is 3.33. The fraction of sp³-hybridized carbons (Fsp3) is 0.350. The number of anilines is 1. The number of hydrogen-bond donors (Lipinski definition) is 1. The monoisotopic (exact) mass is 308 g/mol. The van der Waals surface area contributed by atoms with E-state index in [1.807, 2.05) is 29.2 Å². The smallest absolute Gasteiger partial charge is 0.226 e. The Labute approximate surface area is 138 Å². The van der Waals surface area contributed by atoms with Crippen LogP contribution in [0.15, 0.2) is 54.6 Å². The van der Waals surface area contributed by atoms with Crippen LogP contribution in [0, 0.1) is 0 Å². The van der Waals surface area contributed by atoms with Gasteiger partial charge in [-0.1, -0.05) is 42.5 Å². The molecule has 3 heteroatoms. The van der Waals surface area contributed by atoms with Crippen LogP contribution in [0.3, 0.4) is 0 Å². The molecule has 120 valence electrons. The molecule has 2 N–H and O–H groups in total. The largest absolute Gasteiger partial charge is 0.399 e. The average Bonchev–Trinajstić information content (AvgIpc) is 2.84. The molecule has 2 aromatic rings. The van der Waals surface area contributed by atoms with Gasteiger partial charge in [0.2, 0.25) is 5.91 Å². The van der Waals surface area contributed by atoms with Gasteiger partial charge in [0.15, 0.2) is 0 Å². The van der Waals surface area contributed by atoms with Crippen LogP contribution in [0.4, 0.5) is 5.69 Å². The molecule has 3 nitrogen and oxygen atoms in total. The van der Waals surface area contributed by atoms with Gasteiger partial charge < -0.3 is 10.6 Å². The van der Waals surface area contributed by atoms with Crippen LogP contribution in [-0.4, -0.2) is 23.9 Å². The molecule has 0 aliphatic carbocycles. The number of carbonyl (C=O) groups is 1. The molecule has 1 atom stereocenters. The number of benzene rings is 2. The predicted octanol–water partition coefficient (Wildman–Crippen LogP) is 3.61. The van der Waals surface area contributed by atoms with Crippen LogP contribution in [-0.2, 0) is 11.2 Å². The van der Waals surface area contributed by atoms with E-state index in [0.717, 1.165) is 43.6 Å². The molecule has 1 aliphatic rings. The van der Waals surface area contributed by atoms with Gasteiger partial charge >= 0.3 is 0 Å². The number of amides is 1. The van der Waals surface area contributed by atoms with Gasteiger partial charge in [0.25, 0.3) is 0 Å². The Morgan fingerprint density at radius 3 is 2.48 bits per heavy atom. The van der Waals surface area contributed by atoms with E-state index in [1.165, 1.54) is 5.56 Å². The second-order valence-electron chi connectivity index (χ2n) is 6.34. The van der Waals surface area contributed by atoms with Crippen LogP contribution in [0.1, 0.15) is 36.3 Å². The molecule has 0 bridgehead atoms. The Kier molecular flexibility index (Phi) is 4.96. The van der Waals surface area contributed by atoms with E-state index >= 15 is 0 Å². The quantitative estimate of drug-likeness (QED) is 0.881. The maximum absolute atomic E-state index is 12.5. The minimum Gasteiger partial charge on any atom is -0.399 e. The highest BCUT2D eigenvalue weighted by Gasteiger charge is 2.21. The molecule has 1 saturated heterocycles. The van der Waals surface area contributed by atoms with Gasteiger partial charge in [-0.3, -0.25) is 4.79 Å². The van der Waals surface area contributed by atoms with Gasteiger partial charge in [0.1, 0.15) is 0 Å². The van der Waals surface area contributed by atoms with Crippen molar-refractivity contribution in [1.29, 1.82) is 0 Å². The number of likely N-dealkylation sites (tertiary alicyclic amines) is 1. The molecule has 3 rings (SSSR count). The molecule has 1 heterocycles. The summed E-state index contributed by atoms with van der Waals surface area (Å²) in [6.07, 6.45) is 3.76. The molecular formula is C20H24N2O. The van der Waals surface area contributed by atoms with Crippen molar-refractivity contribution in [2.24, 2.45) is 0 Å². The van der Waals surface area contributed by atoms with Crippen molar-refractivity contribution >= 4 is 11.6 Å². The molecular weight excluding hydrogens is 284 g/mol. The summed E-state index contributed by atoms with van der Waals surface area (Å²) >= 11 is 0. The Bertz CT molecular complexity index is 636. The Morgan fingerprint density at radius 2 is 1.74 bits per heavy atom. The van der Waals surface area contributed by atoms with Crippen molar-refractivity contribution in [2.75, 3.05) is 18.8 Å². The van der Waals surface area contributed by atoms with Gasteiger partial charge in [0.05, 0.1) is 6.42 Å². The van der Waals surface area contributed by atoms with Crippen molar-refractivity contribution in [2.45, 2.75) is 31.6 Å². The summed E-state index contributed by atoms with van der Waals surface area (Å²) < 4.78 is 0. The molecule has 0 saturated carbocycles. The molecule has 0 aromatic heterocycles. The number of nitrogen functional groups attached to an aromatic ring is 1. The van der Waals surface area contributed by atoms with E-state index in [4.69, 9.17) is 5.73 Å². The zero-order valence-corrected chi connectivity index (χ0v) is 13.4. The molecule has 23 heavy (non-hydrogen) atoms. The first-order valence-corrected chi connectivity index (χ1v) is 8.39. The van der Waals surface area contributed by atoms with Gasteiger partial charge in [-0.2, -0.15) is 0 Å². The van der Waals surface area contributed by atoms with E-state index in [2.05, 4.69) is 30.3 Å². The molecule has 1 fully saturated rings. The Balaban J connectivity index is 1.59. The Hall–Kier alpha value is -2.29. The minimum absolute atomic E-state index is 0.225. The van der Waals surface area contributed by atoms with Crippen molar-refractivity contribution in [3.8, 4) is 0 Å². The first kappa shape index (κ1) is 15.6. The molecule has 1 aliphatic heterocycles. The summed E-state index contributed by atoms with van der Waals surface area (Å²) in [5, 5.41) is 0. The molecule has 0 radical (unpaired) electrons. The van der Waals surface area contributed by atoms with Crippen LogP contribution in [0.25, 0.3) is 0 Å². The highest BCUT2D eigenvalue weighted by atomic mass is 16.2. The summed E-state index contributed by atoms with van der Waals surface area (Å²) in [6.45, 7) is 1.73. The van der Waals surface area contributed by atoms with Crippen LogP contribution in [0.2, 0.25) is 0 Å². The van der Waals surface area contributed by atoms with Crippen LogP contribution >= 0.6 is 0 Å². The lowest BCUT2D eigenvalue weighted by Crippen LogP contribution is -2.33. The summed E-state index contributed by atoms with van der Waals surface area (Å²) in [4.78, 5) is 14.6. The molecule has 2 aromatic carbocycles. The van der Waals surface area contributed by atoms with E-state index in [0.29, 0.717) is 12.3 Å². The zero-order valence-electron chi connectivity index (χ0n) is 13.4. The minimum atomic E-state index is 0.225. The lowest BCUT2D eigenvalue weighted by molar-refractivity contribution is -0.130. The zero-order chi connectivity index (χ0) is 16.1. The number of hydrogen-bond acceptors (Lipinski definition) is 2. The number of nitrogens with two attached hydrogens (primary N) is 1. The van der Waals surface area contributed by atoms with Crippen LogP contribution in [0.5, 0.6) is 0 Å². The highest BCUT2D eigenvalue weighted by Crippen LogP contribution is 2.28. The normalized spacial score (nSPS) is 18.4. The molecule has 0 unspecified atom stereocenters. The third kappa shape index (κ3) is 4.13. The maximum atomic E-state index is 12.5. The van der Waals surface area contributed by atoms with Gasteiger partial charge in [-0.15, -0.1) is 0 Å². The van der Waals surface area contributed by atoms with E-state index < -0.39 is 0 Å². The number of carbonyl (C=O) groups excluding carboxylic acids is 1. The lowest BCUT2D eigenvalue weighted by atomic mass is 9.92. The van der Waals surface area contributed by atoms with Gasteiger partial charge in [0, 0.05) is 18.8 Å². The van der Waals surface area contributed by atoms with E-state index in [1.54, 1.807) is 0 Å². The second-order valence-corrected chi connectivity index (χ2v) is 6.34. The highest BCUT2D eigenvalue weighted by molar-refractivity contribution is 5.79. The maximum Gasteiger partial charge on any atom is 0.226 e. The van der Waals surface area contributed by atoms with Gasteiger partial charge in [-0.05, 0) is 48.4 Å². The molecule has 0 spiro atoms. The van der Waals surface area contributed by atoms with Crippen molar-refractivity contribution < 1.29 is 4.79 Å². The average molecular weight is 308 g/mol. The van der Waals surface area contributed by atoms with Crippen molar-refractivity contribution in [3.63, 3.8) is 0 Å². The topological polar surface area (TPSA) is 46.3 Å². The van der Waals surface area contributed by atoms with Crippen molar-refractivity contribution in [3.05, 3.63) is 65.7 Å². The summed E-state index contributed by atoms with van der Waals surface area (Å²) in [6, 6.07) is 18.3. The molecule has 1 amide bonds. The first-order chi connectivity index (χ1) is 11.2. The Morgan fingerprint density at radius 1 is 1.00 bits per heavy atom. The third-order valence-corrected chi connectivity index (χ3v) is 4.69. The first-order valence-electron chi connectivity index (χ1n) is 8.39. The standard InChI is InChI=1S/C20H24N2O/c21-19-10-8-16(9-11-19)15-20(23)22-13-4-7-18(12-14-22)17-5-2-1-3-6-17/h1-3,5-6,8-11,18H,4,7,12-15,21H2/t18-/m0/s1. The lowest BCUT2D eigenvalue weighted by Gasteiger charge is -2.21. The van der Waals surface area contributed by atoms with Gasteiger partial charge in [-0.25, -0.2) is 0 Å². The van der Waals surface area contributed by atoms with E-state index in [-0.39, 0.29) is 5.91 Å². The second kappa shape index (κ2) is 7.32. The number of nitrogens with zero attached hydrogens (tertiary/aromatic N) is 1. The summed E-state index contributed by atoms with van der Waals surface area (Å²) in [5.74, 6) is 0.800. The fourth-order valence-electron chi connectivity index (χ4n) is 3.33. The van der Waals surface area contributed by atoms with E-state index in [9.17, 15) is 4.79 Å². The predicted molar refractivity (Wildman–Crippen MR) is 94.2 cm³/mol.